The smallest absolute Gasteiger partial charge is 0.253 e. The molecule has 0 spiro atoms. The van der Waals surface area contributed by atoms with E-state index >= 15 is 0 Å². The third kappa shape index (κ3) is 3.27. The van der Waals surface area contributed by atoms with Crippen molar-refractivity contribution in [2.24, 2.45) is 16.6 Å². The van der Waals surface area contributed by atoms with Crippen LogP contribution in [-0.4, -0.2) is 5.91 Å². The van der Waals surface area contributed by atoms with Gasteiger partial charge in [-0.15, -0.1) is 0 Å². The molecule has 4 heteroatoms. The highest BCUT2D eigenvalue weighted by Gasteiger charge is 2.31. The first-order chi connectivity index (χ1) is 13.5. The summed E-state index contributed by atoms with van der Waals surface area (Å²) < 4.78 is 0. The SMILES string of the molecule is CC(C#N)(Cc1cccc(CN)c1)c1ccc2c(c1)=NC(=O)C1CCCCC=21. The largest absolute Gasteiger partial charge is 0.326 e. The van der Waals surface area contributed by atoms with Crippen LogP contribution in [0.4, 0.5) is 0 Å². The molecule has 0 aromatic heterocycles. The van der Waals surface area contributed by atoms with Crippen LogP contribution < -0.4 is 16.3 Å². The van der Waals surface area contributed by atoms with Crippen molar-refractivity contribution in [2.45, 2.75) is 51.0 Å². The molecule has 0 radical (unpaired) electrons. The molecule has 1 amide bonds. The molecule has 2 aromatic carbocycles. The molecule has 1 heterocycles. The summed E-state index contributed by atoms with van der Waals surface area (Å²) in [5, 5.41) is 11.8. The number of carbonyl (C=O) groups is 1. The van der Waals surface area contributed by atoms with Crippen molar-refractivity contribution >= 4 is 11.5 Å². The Morgan fingerprint density at radius 3 is 2.82 bits per heavy atom. The fraction of sp³-hybridized carbons (Fsp3) is 0.375. The van der Waals surface area contributed by atoms with Gasteiger partial charge in [0, 0.05) is 11.8 Å². The summed E-state index contributed by atoms with van der Waals surface area (Å²) in [6.07, 6.45) is 4.69. The van der Waals surface area contributed by atoms with Crippen molar-refractivity contribution in [1.29, 1.82) is 5.26 Å². The lowest BCUT2D eigenvalue weighted by molar-refractivity contribution is -0.120. The molecule has 1 saturated carbocycles. The predicted molar refractivity (Wildman–Crippen MR) is 109 cm³/mol. The normalized spacial score (nSPS) is 20.4. The highest BCUT2D eigenvalue weighted by atomic mass is 16.1. The topological polar surface area (TPSA) is 79.2 Å². The third-order valence-electron chi connectivity index (χ3n) is 6.15. The molecule has 1 aliphatic carbocycles. The predicted octanol–water partition coefficient (Wildman–Crippen LogP) is 2.67. The molecule has 142 valence electrons. The van der Waals surface area contributed by atoms with Crippen molar-refractivity contribution < 1.29 is 4.79 Å². The van der Waals surface area contributed by atoms with E-state index in [0.29, 0.717) is 13.0 Å². The minimum atomic E-state index is -0.700. The molecular weight excluding hydrogens is 346 g/mol. The summed E-state index contributed by atoms with van der Waals surface area (Å²) in [6, 6.07) is 16.6. The average Bonchev–Trinajstić information content (AvgIpc) is 2.73. The second-order valence-corrected chi connectivity index (χ2v) is 8.15. The minimum absolute atomic E-state index is 0.0198. The highest BCUT2D eigenvalue weighted by molar-refractivity contribution is 5.90. The highest BCUT2D eigenvalue weighted by Crippen LogP contribution is 2.32. The molecule has 0 saturated heterocycles. The lowest BCUT2D eigenvalue weighted by atomic mass is 9.77. The summed E-state index contributed by atoms with van der Waals surface area (Å²) in [4.78, 5) is 16.9. The van der Waals surface area contributed by atoms with Gasteiger partial charge in [-0.25, -0.2) is 4.99 Å². The van der Waals surface area contributed by atoms with Crippen molar-refractivity contribution in [3.8, 4) is 6.07 Å². The molecule has 2 aliphatic rings. The van der Waals surface area contributed by atoms with E-state index in [2.05, 4.69) is 23.2 Å². The molecule has 1 fully saturated rings. The molecule has 0 bridgehead atoms. The Bertz CT molecular complexity index is 1100. The van der Waals surface area contributed by atoms with Crippen LogP contribution in [0.5, 0.6) is 0 Å². The van der Waals surface area contributed by atoms with Gasteiger partial charge in [0.15, 0.2) is 0 Å². The van der Waals surface area contributed by atoms with Crippen LogP contribution in [0.15, 0.2) is 47.5 Å². The summed E-state index contributed by atoms with van der Waals surface area (Å²) in [7, 11) is 0. The van der Waals surface area contributed by atoms with Gasteiger partial charge in [-0.1, -0.05) is 42.8 Å². The first kappa shape index (κ1) is 18.6. The van der Waals surface area contributed by atoms with Gasteiger partial charge in [0.1, 0.15) is 0 Å². The summed E-state index contributed by atoms with van der Waals surface area (Å²) in [6.45, 7) is 2.43. The Morgan fingerprint density at radius 1 is 1.21 bits per heavy atom. The van der Waals surface area contributed by atoms with E-state index in [1.54, 1.807) is 0 Å². The number of nitrogens with zero attached hydrogens (tertiary/aromatic N) is 2. The summed E-state index contributed by atoms with van der Waals surface area (Å²) in [5.41, 5.74) is 9.34. The molecule has 2 atom stereocenters. The second-order valence-electron chi connectivity index (χ2n) is 8.15. The van der Waals surface area contributed by atoms with Crippen molar-refractivity contribution in [2.75, 3.05) is 0 Å². The molecule has 2 N–H and O–H groups in total. The van der Waals surface area contributed by atoms with E-state index in [-0.39, 0.29) is 11.8 Å². The average molecular weight is 371 g/mol. The van der Waals surface area contributed by atoms with Gasteiger partial charge in [-0.2, -0.15) is 5.26 Å². The molecular formula is C24H25N3O. The maximum atomic E-state index is 12.5. The lowest BCUT2D eigenvalue weighted by Gasteiger charge is -2.26. The van der Waals surface area contributed by atoms with E-state index < -0.39 is 5.41 Å². The molecule has 4 rings (SSSR count). The van der Waals surface area contributed by atoms with E-state index in [4.69, 9.17) is 5.73 Å². The van der Waals surface area contributed by atoms with E-state index in [9.17, 15) is 10.1 Å². The number of nitriles is 1. The Kier molecular flexibility index (Phi) is 4.87. The van der Waals surface area contributed by atoms with Gasteiger partial charge in [0.25, 0.3) is 5.91 Å². The number of fused-ring (bicyclic) bond motifs is 2. The van der Waals surface area contributed by atoms with Gasteiger partial charge < -0.3 is 5.73 Å². The number of nitrogens with two attached hydrogens (primary N) is 1. The van der Waals surface area contributed by atoms with Gasteiger partial charge in [-0.3, -0.25) is 4.79 Å². The first-order valence-corrected chi connectivity index (χ1v) is 9.99. The van der Waals surface area contributed by atoms with Gasteiger partial charge in [0.05, 0.1) is 22.8 Å². The summed E-state index contributed by atoms with van der Waals surface area (Å²) in [5.74, 6) is -0.0536. The van der Waals surface area contributed by atoms with Crippen LogP contribution in [-0.2, 0) is 23.2 Å². The van der Waals surface area contributed by atoms with E-state index in [0.717, 1.165) is 52.9 Å². The number of rotatable bonds is 4. The number of benzene rings is 2. The zero-order valence-corrected chi connectivity index (χ0v) is 16.2. The molecule has 1 aliphatic heterocycles. The maximum absolute atomic E-state index is 12.5. The number of carbonyl (C=O) groups excluding carboxylic acids is 1. The van der Waals surface area contributed by atoms with Gasteiger partial charge >= 0.3 is 0 Å². The molecule has 4 nitrogen and oxygen atoms in total. The fourth-order valence-electron chi connectivity index (χ4n) is 4.52. The molecule has 2 unspecified atom stereocenters. The lowest BCUT2D eigenvalue weighted by Crippen LogP contribution is -2.40. The molecule has 28 heavy (non-hydrogen) atoms. The zero-order valence-electron chi connectivity index (χ0n) is 16.2. The first-order valence-electron chi connectivity index (χ1n) is 9.99. The zero-order chi connectivity index (χ0) is 19.7. The minimum Gasteiger partial charge on any atom is -0.326 e. The Hall–Kier alpha value is -2.77. The van der Waals surface area contributed by atoms with Gasteiger partial charge in [-0.05, 0) is 60.9 Å². The number of hydrogen-bond donors (Lipinski definition) is 1. The Balaban J connectivity index is 1.76. The Morgan fingerprint density at radius 2 is 2.04 bits per heavy atom. The second kappa shape index (κ2) is 7.33. The van der Waals surface area contributed by atoms with Crippen LogP contribution in [0.25, 0.3) is 5.57 Å². The number of hydrogen-bond acceptors (Lipinski definition) is 3. The number of amides is 1. The van der Waals surface area contributed by atoms with E-state index in [1.807, 2.05) is 37.3 Å². The van der Waals surface area contributed by atoms with Crippen molar-refractivity contribution in [3.05, 3.63) is 69.7 Å². The van der Waals surface area contributed by atoms with Crippen LogP contribution >= 0.6 is 0 Å². The van der Waals surface area contributed by atoms with Gasteiger partial charge in [0.2, 0.25) is 0 Å². The van der Waals surface area contributed by atoms with Crippen LogP contribution in [0, 0.1) is 17.2 Å². The van der Waals surface area contributed by atoms with Crippen molar-refractivity contribution in [1.82, 2.24) is 0 Å². The monoisotopic (exact) mass is 371 g/mol. The standard InChI is InChI=1S/C24H25N3O/c1-24(15-26,13-16-5-4-6-17(11-16)14-25)18-9-10-20-19-7-2-3-8-21(19)23(28)27-22(20)12-18/h4-6,9-12,21H,2-3,7-8,13-14,25H2,1H3. The third-order valence-corrected chi connectivity index (χ3v) is 6.15. The fourth-order valence-corrected chi connectivity index (χ4v) is 4.52. The van der Waals surface area contributed by atoms with Crippen LogP contribution in [0.1, 0.15) is 49.3 Å². The van der Waals surface area contributed by atoms with Crippen LogP contribution in [0.2, 0.25) is 0 Å². The maximum Gasteiger partial charge on any atom is 0.253 e. The van der Waals surface area contributed by atoms with Crippen molar-refractivity contribution in [3.63, 3.8) is 0 Å². The summed E-state index contributed by atoms with van der Waals surface area (Å²) >= 11 is 0. The van der Waals surface area contributed by atoms with E-state index in [1.165, 1.54) is 5.57 Å². The van der Waals surface area contributed by atoms with Crippen LogP contribution in [0.3, 0.4) is 0 Å². The quantitative estimate of drug-likeness (QED) is 0.897. The molecule has 2 aromatic rings. The Labute approximate surface area is 165 Å².